The molecule has 0 saturated carbocycles. The summed E-state index contributed by atoms with van der Waals surface area (Å²) >= 11 is 0. The Morgan fingerprint density at radius 1 is 1.42 bits per heavy atom. The van der Waals surface area contributed by atoms with Crippen LogP contribution < -0.4 is 0 Å². The molecule has 2 aromatic rings. The van der Waals surface area contributed by atoms with Gasteiger partial charge in [0.1, 0.15) is 0 Å². The Morgan fingerprint density at radius 3 is 2.96 bits per heavy atom. The summed E-state index contributed by atoms with van der Waals surface area (Å²) in [5.74, 6) is 0. The molecule has 1 aliphatic heterocycles. The third-order valence-electron chi connectivity index (χ3n) is 4.44. The summed E-state index contributed by atoms with van der Waals surface area (Å²) in [6, 6.07) is 10.3. The van der Waals surface area contributed by atoms with Crippen molar-refractivity contribution in [3.8, 4) is 0 Å². The van der Waals surface area contributed by atoms with E-state index in [4.69, 9.17) is 4.74 Å². The Balaban J connectivity index is 1.76. The van der Waals surface area contributed by atoms with E-state index in [-0.39, 0.29) is 11.7 Å². The molecule has 1 aromatic carbocycles. The van der Waals surface area contributed by atoms with Crippen LogP contribution in [0.1, 0.15) is 23.4 Å². The van der Waals surface area contributed by atoms with Gasteiger partial charge in [0.2, 0.25) is 0 Å². The molecule has 1 saturated heterocycles. The zero-order chi connectivity index (χ0) is 17.1. The van der Waals surface area contributed by atoms with Crippen molar-refractivity contribution in [2.24, 2.45) is 7.05 Å². The van der Waals surface area contributed by atoms with E-state index in [2.05, 4.69) is 4.90 Å². The highest BCUT2D eigenvalue weighted by Gasteiger charge is 2.28. The van der Waals surface area contributed by atoms with Crippen molar-refractivity contribution in [3.63, 3.8) is 0 Å². The second kappa shape index (κ2) is 7.12. The number of β-amino-alcohol motifs (C(OH)–C–C–N with tert-alkyl or cyclic N) is 1. The summed E-state index contributed by atoms with van der Waals surface area (Å²) in [7, 11) is 1.99. The van der Waals surface area contributed by atoms with Gasteiger partial charge in [0.25, 0.3) is 5.69 Å². The number of nitro benzene ring substituents is 1. The van der Waals surface area contributed by atoms with Gasteiger partial charge >= 0.3 is 0 Å². The van der Waals surface area contributed by atoms with E-state index < -0.39 is 11.0 Å². The lowest BCUT2D eigenvalue weighted by atomic mass is 10.1. The number of aliphatic hydroxyl groups is 1. The molecule has 0 spiro atoms. The topological polar surface area (TPSA) is 80.8 Å². The minimum absolute atomic E-state index is 0.00693. The molecule has 0 bridgehead atoms. The van der Waals surface area contributed by atoms with Crippen molar-refractivity contribution < 1.29 is 14.8 Å². The number of aromatic nitrogens is 1. The van der Waals surface area contributed by atoms with Gasteiger partial charge in [0, 0.05) is 44.2 Å². The lowest BCUT2D eigenvalue weighted by Gasteiger charge is -2.37. The van der Waals surface area contributed by atoms with E-state index in [1.807, 2.05) is 29.9 Å². The highest BCUT2D eigenvalue weighted by molar-refractivity contribution is 5.35. The number of morpholine rings is 1. The average Bonchev–Trinajstić information content (AvgIpc) is 3.01. The Hall–Kier alpha value is -2.22. The summed E-state index contributed by atoms with van der Waals surface area (Å²) in [6.07, 6.45) is 1.20. The maximum absolute atomic E-state index is 10.9. The van der Waals surface area contributed by atoms with Crippen molar-refractivity contribution >= 4 is 5.69 Å². The molecule has 7 nitrogen and oxygen atoms in total. The smallest absolute Gasteiger partial charge is 0.269 e. The van der Waals surface area contributed by atoms with E-state index in [0.29, 0.717) is 31.9 Å². The van der Waals surface area contributed by atoms with E-state index >= 15 is 0 Å². The first-order chi connectivity index (χ1) is 11.6. The molecule has 2 atom stereocenters. The zero-order valence-corrected chi connectivity index (χ0v) is 13.5. The number of nitrogens with zero attached hydrogens (tertiary/aromatic N) is 3. The Kier molecular flexibility index (Phi) is 4.94. The summed E-state index contributed by atoms with van der Waals surface area (Å²) in [4.78, 5) is 12.6. The molecule has 0 aliphatic carbocycles. The number of hydrogen-bond donors (Lipinski definition) is 1. The van der Waals surface area contributed by atoms with Crippen molar-refractivity contribution in [2.45, 2.75) is 12.1 Å². The minimum Gasteiger partial charge on any atom is -0.387 e. The molecule has 3 rings (SSSR count). The lowest BCUT2D eigenvalue weighted by molar-refractivity contribution is -0.385. The molecule has 0 radical (unpaired) electrons. The standard InChI is InChI=1S/C17H21N3O4/c1-18-7-3-6-15(18)16-12-24-9-8-19(16)11-17(21)13-4-2-5-14(10-13)20(22)23/h2-7,10,16-17,21H,8-9,11-12H2,1H3/t16-,17+/m1/s1. The SMILES string of the molecule is Cn1cccc1[C@H]1COCCN1C[C@H](O)c1cccc([N+](=O)[O-])c1. The van der Waals surface area contributed by atoms with Crippen LogP contribution in [0.25, 0.3) is 0 Å². The van der Waals surface area contributed by atoms with E-state index in [0.717, 1.165) is 5.69 Å². The third kappa shape index (κ3) is 3.48. The van der Waals surface area contributed by atoms with E-state index in [1.54, 1.807) is 12.1 Å². The van der Waals surface area contributed by atoms with E-state index in [9.17, 15) is 15.2 Å². The normalized spacial score (nSPS) is 20.0. The number of non-ortho nitro benzene ring substituents is 1. The van der Waals surface area contributed by atoms with Crippen LogP contribution in [0.5, 0.6) is 0 Å². The number of nitro groups is 1. The maximum atomic E-state index is 10.9. The van der Waals surface area contributed by atoms with Crippen molar-refractivity contribution in [1.29, 1.82) is 0 Å². The number of aryl methyl sites for hydroxylation is 1. The predicted molar refractivity (Wildman–Crippen MR) is 88.6 cm³/mol. The fourth-order valence-corrected chi connectivity index (χ4v) is 3.12. The van der Waals surface area contributed by atoms with Crippen LogP contribution in [0.4, 0.5) is 5.69 Å². The fraction of sp³-hybridized carbons (Fsp3) is 0.412. The number of aliphatic hydroxyl groups excluding tert-OH is 1. The van der Waals surface area contributed by atoms with Gasteiger partial charge in [0.05, 0.1) is 30.3 Å². The Labute approximate surface area is 140 Å². The quantitative estimate of drug-likeness (QED) is 0.670. The van der Waals surface area contributed by atoms with Crippen LogP contribution in [0.15, 0.2) is 42.6 Å². The zero-order valence-electron chi connectivity index (χ0n) is 13.5. The molecule has 1 aliphatic rings. The lowest BCUT2D eigenvalue weighted by Crippen LogP contribution is -2.42. The third-order valence-corrected chi connectivity index (χ3v) is 4.44. The molecule has 1 aromatic heterocycles. The first-order valence-corrected chi connectivity index (χ1v) is 7.91. The predicted octanol–water partition coefficient (Wildman–Crippen LogP) is 2.04. The number of ether oxygens (including phenoxy) is 1. The molecule has 2 heterocycles. The van der Waals surface area contributed by atoms with Crippen molar-refractivity contribution in [3.05, 3.63) is 64.0 Å². The van der Waals surface area contributed by atoms with Crippen LogP contribution in [-0.4, -0.2) is 45.8 Å². The monoisotopic (exact) mass is 331 g/mol. The maximum Gasteiger partial charge on any atom is 0.269 e. The average molecular weight is 331 g/mol. The van der Waals surface area contributed by atoms with Gasteiger partial charge in [-0.05, 0) is 17.7 Å². The van der Waals surface area contributed by atoms with Gasteiger partial charge in [-0.15, -0.1) is 0 Å². The summed E-state index contributed by atoms with van der Waals surface area (Å²) in [5.41, 5.74) is 1.68. The second-order valence-electron chi connectivity index (χ2n) is 6.00. The minimum atomic E-state index is -0.786. The van der Waals surface area contributed by atoms with Crippen molar-refractivity contribution in [1.82, 2.24) is 9.47 Å². The highest BCUT2D eigenvalue weighted by atomic mass is 16.6. The largest absolute Gasteiger partial charge is 0.387 e. The van der Waals surface area contributed by atoms with Gasteiger partial charge in [-0.2, -0.15) is 0 Å². The molecule has 0 unspecified atom stereocenters. The summed E-state index contributed by atoms with van der Waals surface area (Å²) < 4.78 is 7.65. The summed E-state index contributed by atoms with van der Waals surface area (Å²) in [5, 5.41) is 21.5. The number of benzene rings is 1. The molecule has 0 amide bonds. The number of hydrogen-bond acceptors (Lipinski definition) is 5. The summed E-state index contributed by atoms with van der Waals surface area (Å²) in [6.45, 7) is 2.30. The second-order valence-corrected chi connectivity index (χ2v) is 6.00. The van der Waals surface area contributed by atoms with Gasteiger partial charge < -0.3 is 14.4 Å². The van der Waals surface area contributed by atoms with Gasteiger partial charge in [-0.3, -0.25) is 15.0 Å². The van der Waals surface area contributed by atoms with Crippen molar-refractivity contribution in [2.75, 3.05) is 26.3 Å². The molecular weight excluding hydrogens is 310 g/mol. The van der Waals surface area contributed by atoms with Crippen LogP contribution in [0.3, 0.4) is 0 Å². The van der Waals surface area contributed by atoms with Gasteiger partial charge in [0.15, 0.2) is 0 Å². The molecule has 128 valence electrons. The van der Waals surface area contributed by atoms with Crippen LogP contribution >= 0.6 is 0 Å². The number of rotatable bonds is 5. The molecule has 1 fully saturated rings. The van der Waals surface area contributed by atoms with Crippen LogP contribution in [-0.2, 0) is 11.8 Å². The highest BCUT2D eigenvalue weighted by Crippen LogP contribution is 2.27. The molecular formula is C17H21N3O4. The first-order valence-electron chi connectivity index (χ1n) is 7.91. The molecule has 1 N–H and O–H groups in total. The van der Waals surface area contributed by atoms with Gasteiger partial charge in [-0.1, -0.05) is 12.1 Å². The molecule has 24 heavy (non-hydrogen) atoms. The van der Waals surface area contributed by atoms with E-state index in [1.165, 1.54) is 12.1 Å². The first kappa shape index (κ1) is 16.6. The van der Waals surface area contributed by atoms with Crippen LogP contribution in [0, 0.1) is 10.1 Å². The van der Waals surface area contributed by atoms with Gasteiger partial charge in [-0.25, -0.2) is 0 Å². The van der Waals surface area contributed by atoms with Crippen LogP contribution in [0.2, 0.25) is 0 Å². The Morgan fingerprint density at radius 2 is 2.25 bits per heavy atom. The Bertz CT molecular complexity index is 715. The fourth-order valence-electron chi connectivity index (χ4n) is 3.12. The molecule has 7 heteroatoms.